The lowest BCUT2D eigenvalue weighted by Gasteiger charge is -2.17. The average molecular weight is 264 g/mol. The number of rotatable bonds is 3. The molecule has 96 valence electrons. The summed E-state index contributed by atoms with van der Waals surface area (Å²) in [5, 5.41) is 0. The fraction of sp³-hybridized carbons (Fsp3) is 0.571. The zero-order valence-electron chi connectivity index (χ0n) is 10.6. The van der Waals surface area contributed by atoms with Crippen LogP contribution in [0.1, 0.15) is 32.0 Å². The van der Waals surface area contributed by atoms with Gasteiger partial charge >= 0.3 is 0 Å². The average Bonchev–Trinajstić information content (AvgIpc) is 2.95. The lowest BCUT2D eigenvalue weighted by atomic mass is 9.98. The van der Waals surface area contributed by atoms with Crippen LogP contribution in [0.15, 0.2) is 18.5 Å². The molecule has 3 nitrogen and oxygen atoms in total. The van der Waals surface area contributed by atoms with Crippen molar-refractivity contribution in [2.24, 2.45) is 11.8 Å². The Balaban J connectivity index is 1.98. The van der Waals surface area contributed by atoms with Crippen molar-refractivity contribution in [2.75, 3.05) is 0 Å². The zero-order chi connectivity index (χ0) is 12.5. The molecule has 18 heavy (non-hydrogen) atoms. The van der Waals surface area contributed by atoms with Crippen molar-refractivity contribution < 1.29 is 0 Å². The van der Waals surface area contributed by atoms with Crippen LogP contribution in [0.5, 0.6) is 0 Å². The first-order valence-electron chi connectivity index (χ1n) is 6.64. The van der Waals surface area contributed by atoms with E-state index in [4.69, 9.17) is 11.6 Å². The summed E-state index contributed by atoms with van der Waals surface area (Å²) >= 11 is 6.02. The molecule has 2 aromatic rings. The van der Waals surface area contributed by atoms with Crippen molar-refractivity contribution in [2.45, 2.75) is 38.6 Å². The summed E-state index contributed by atoms with van der Waals surface area (Å²) in [7, 11) is 0. The largest absolute Gasteiger partial charge is 0.327 e. The molecule has 0 bridgehead atoms. The van der Waals surface area contributed by atoms with E-state index < -0.39 is 0 Å². The number of hydrogen-bond acceptors (Lipinski definition) is 2. The maximum Gasteiger partial charge on any atom is 0.124 e. The maximum absolute atomic E-state index is 6.02. The Labute approximate surface area is 112 Å². The number of hydrogen-bond donors (Lipinski definition) is 0. The number of alkyl halides is 1. The SMILES string of the molecule is CC1CCCC1Cn1c(CCl)nc2cnccc21. The molecule has 3 rings (SSSR count). The van der Waals surface area contributed by atoms with E-state index in [1.54, 1.807) is 0 Å². The smallest absolute Gasteiger partial charge is 0.124 e. The van der Waals surface area contributed by atoms with Crippen LogP contribution in [0, 0.1) is 11.8 Å². The molecule has 0 saturated heterocycles. The van der Waals surface area contributed by atoms with Gasteiger partial charge in [-0.25, -0.2) is 4.98 Å². The second kappa shape index (κ2) is 4.88. The molecule has 4 heteroatoms. The third kappa shape index (κ3) is 2.01. The van der Waals surface area contributed by atoms with Gasteiger partial charge in [-0.15, -0.1) is 11.6 Å². The normalized spacial score (nSPS) is 23.9. The Morgan fingerprint density at radius 1 is 1.44 bits per heavy atom. The van der Waals surface area contributed by atoms with Gasteiger partial charge in [0, 0.05) is 12.7 Å². The molecular weight excluding hydrogens is 246 g/mol. The highest BCUT2D eigenvalue weighted by atomic mass is 35.5. The van der Waals surface area contributed by atoms with Crippen molar-refractivity contribution in [3.05, 3.63) is 24.3 Å². The van der Waals surface area contributed by atoms with Crippen molar-refractivity contribution in [3.63, 3.8) is 0 Å². The minimum absolute atomic E-state index is 0.468. The Morgan fingerprint density at radius 3 is 3.06 bits per heavy atom. The van der Waals surface area contributed by atoms with Crippen LogP contribution in [0.4, 0.5) is 0 Å². The highest BCUT2D eigenvalue weighted by Gasteiger charge is 2.25. The van der Waals surface area contributed by atoms with Crippen molar-refractivity contribution in [1.82, 2.24) is 14.5 Å². The Morgan fingerprint density at radius 2 is 2.33 bits per heavy atom. The van der Waals surface area contributed by atoms with Gasteiger partial charge in [0.25, 0.3) is 0 Å². The van der Waals surface area contributed by atoms with Crippen molar-refractivity contribution in [1.29, 1.82) is 0 Å². The summed E-state index contributed by atoms with van der Waals surface area (Å²) in [6, 6.07) is 2.04. The standard InChI is InChI=1S/C14H18ClN3/c1-10-3-2-4-11(10)9-18-13-5-6-16-8-12(13)17-14(18)7-15/h5-6,8,10-11H,2-4,7,9H2,1H3. The molecule has 0 spiro atoms. The van der Waals surface area contributed by atoms with Gasteiger partial charge in [-0.3, -0.25) is 4.98 Å². The summed E-state index contributed by atoms with van der Waals surface area (Å²) in [6.07, 6.45) is 7.69. The van der Waals surface area contributed by atoms with Gasteiger partial charge in [-0.05, 0) is 24.3 Å². The third-order valence-electron chi connectivity index (χ3n) is 4.21. The number of nitrogens with zero attached hydrogens (tertiary/aromatic N) is 3. The van der Waals surface area contributed by atoms with E-state index in [-0.39, 0.29) is 0 Å². The first-order valence-corrected chi connectivity index (χ1v) is 7.18. The first kappa shape index (κ1) is 12.0. The molecule has 2 unspecified atom stereocenters. The van der Waals surface area contributed by atoms with Crippen LogP contribution in [-0.2, 0) is 12.4 Å². The summed E-state index contributed by atoms with van der Waals surface area (Å²) in [6.45, 7) is 3.41. The number of halogens is 1. The fourth-order valence-corrected chi connectivity index (χ4v) is 3.27. The lowest BCUT2D eigenvalue weighted by Crippen LogP contribution is -2.14. The first-order chi connectivity index (χ1) is 8.79. The number of fused-ring (bicyclic) bond motifs is 1. The number of pyridine rings is 1. The third-order valence-corrected chi connectivity index (χ3v) is 4.44. The molecule has 0 amide bonds. The molecule has 2 aromatic heterocycles. The molecule has 0 aliphatic heterocycles. The van der Waals surface area contributed by atoms with Crippen LogP contribution in [-0.4, -0.2) is 14.5 Å². The van der Waals surface area contributed by atoms with E-state index in [2.05, 4.69) is 21.5 Å². The van der Waals surface area contributed by atoms with Gasteiger partial charge in [0.1, 0.15) is 11.3 Å². The highest BCUT2D eigenvalue weighted by Crippen LogP contribution is 2.33. The predicted molar refractivity (Wildman–Crippen MR) is 73.6 cm³/mol. The predicted octanol–water partition coefficient (Wildman–Crippen LogP) is 3.61. The molecule has 2 atom stereocenters. The van der Waals surface area contributed by atoms with Gasteiger partial charge in [0.15, 0.2) is 0 Å². The summed E-state index contributed by atoms with van der Waals surface area (Å²) in [5.74, 6) is 3.01. The van der Waals surface area contributed by atoms with E-state index in [9.17, 15) is 0 Å². The minimum atomic E-state index is 0.468. The van der Waals surface area contributed by atoms with E-state index in [0.29, 0.717) is 5.88 Å². The number of aromatic nitrogens is 3. The molecule has 0 radical (unpaired) electrons. The lowest BCUT2D eigenvalue weighted by molar-refractivity contribution is 0.364. The van der Waals surface area contributed by atoms with E-state index >= 15 is 0 Å². The maximum atomic E-state index is 6.02. The van der Waals surface area contributed by atoms with E-state index in [1.807, 2.05) is 18.5 Å². The minimum Gasteiger partial charge on any atom is -0.327 e. The topological polar surface area (TPSA) is 30.7 Å². The van der Waals surface area contributed by atoms with Crippen LogP contribution >= 0.6 is 11.6 Å². The molecule has 1 aliphatic rings. The fourth-order valence-electron chi connectivity index (χ4n) is 3.07. The van der Waals surface area contributed by atoms with Crippen LogP contribution in [0.25, 0.3) is 11.0 Å². The highest BCUT2D eigenvalue weighted by molar-refractivity contribution is 6.16. The van der Waals surface area contributed by atoms with Gasteiger partial charge < -0.3 is 4.57 Å². The molecule has 0 N–H and O–H groups in total. The van der Waals surface area contributed by atoms with Gasteiger partial charge in [0.2, 0.25) is 0 Å². The molecule has 0 aromatic carbocycles. The molecule has 1 saturated carbocycles. The molecule has 2 heterocycles. The van der Waals surface area contributed by atoms with Crippen LogP contribution < -0.4 is 0 Å². The van der Waals surface area contributed by atoms with Crippen molar-refractivity contribution >= 4 is 22.6 Å². The monoisotopic (exact) mass is 263 g/mol. The summed E-state index contributed by atoms with van der Waals surface area (Å²) in [4.78, 5) is 8.70. The quantitative estimate of drug-likeness (QED) is 0.792. The van der Waals surface area contributed by atoms with Crippen LogP contribution in [0.2, 0.25) is 0 Å². The van der Waals surface area contributed by atoms with E-state index in [0.717, 1.165) is 29.7 Å². The zero-order valence-corrected chi connectivity index (χ0v) is 11.4. The second-order valence-corrected chi connectivity index (χ2v) is 5.57. The van der Waals surface area contributed by atoms with Gasteiger partial charge in [-0.2, -0.15) is 0 Å². The van der Waals surface area contributed by atoms with Crippen LogP contribution in [0.3, 0.4) is 0 Å². The van der Waals surface area contributed by atoms with E-state index in [1.165, 1.54) is 24.8 Å². The number of imidazole rings is 1. The summed E-state index contributed by atoms with van der Waals surface area (Å²) in [5.41, 5.74) is 2.12. The Kier molecular flexibility index (Phi) is 3.25. The molecule has 1 fully saturated rings. The molecule has 1 aliphatic carbocycles. The summed E-state index contributed by atoms with van der Waals surface area (Å²) < 4.78 is 2.29. The van der Waals surface area contributed by atoms with Gasteiger partial charge in [-0.1, -0.05) is 19.8 Å². The Hall–Kier alpha value is -1.09. The van der Waals surface area contributed by atoms with Crippen molar-refractivity contribution in [3.8, 4) is 0 Å². The molecular formula is C14H18ClN3. The Bertz CT molecular complexity index is 549. The van der Waals surface area contributed by atoms with Gasteiger partial charge in [0.05, 0.1) is 17.6 Å². The second-order valence-electron chi connectivity index (χ2n) is 5.30.